The Kier molecular flexibility index (Phi) is 5.57. The summed E-state index contributed by atoms with van der Waals surface area (Å²) in [6, 6.07) is 14.9. The summed E-state index contributed by atoms with van der Waals surface area (Å²) in [5, 5.41) is 3.90. The number of H-pyrrole nitrogens is 1. The average Bonchev–Trinajstić information content (AvgIpc) is 2.65. The summed E-state index contributed by atoms with van der Waals surface area (Å²) in [6.07, 6.45) is 0. The van der Waals surface area contributed by atoms with Gasteiger partial charge in [0.15, 0.2) is 6.61 Å². The average molecular weight is 385 g/mol. The van der Waals surface area contributed by atoms with Crippen molar-refractivity contribution in [2.24, 2.45) is 0 Å². The molecule has 1 atom stereocenters. The fourth-order valence-electron chi connectivity index (χ4n) is 2.70. The van der Waals surface area contributed by atoms with Crippen molar-refractivity contribution in [1.82, 2.24) is 10.3 Å². The molecular weight excluding hydrogens is 368 g/mol. The highest BCUT2D eigenvalue weighted by atomic mass is 35.5. The van der Waals surface area contributed by atoms with Crippen LogP contribution in [-0.2, 0) is 9.53 Å². The van der Waals surface area contributed by atoms with Crippen molar-refractivity contribution in [3.05, 3.63) is 81.1 Å². The Morgan fingerprint density at radius 3 is 2.59 bits per heavy atom. The number of esters is 1. The third-order valence-electron chi connectivity index (χ3n) is 4.05. The van der Waals surface area contributed by atoms with E-state index >= 15 is 0 Å². The molecule has 0 spiro atoms. The molecule has 1 amide bonds. The number of aromatic amines is 1. The van der Waals surface area contributed by atoms with Gasteiger partial charge in [-0.3, -0.25) is 9.59 Å². The van der Waals surface area contributed by atoms with E-state index in [-0.39, 0.29) is 11.6 Å². The third-order valence-corrected chi connectivity index (χ3v) is 4.30. The summed E-state index contributed by atoms with van der Waals surface area (Å²) >= 11 is 5.85. The molecular formula is C20H17ClN2O4. The second-order valence-corrected chi connectivity index (χ2v) is 6.45. The minimum absolute atomic E-state index is 0.118. The predicted octanol–water partition coefficient (Wildman–Crippen LogP) is 3.22. The van der Waals surface area contributed by atoms with Gasteiger partial charge in [-0.2, -0.15) is 0 Å². The topological polar surface area (TPSA) is 88.3 Å². The number of pyridine rings is 1. The minimum Gasteiger partial charge on any atom is -0.452 e. The predicted molar refractivity (Wildman–Crippen MR) is 103 cm³/mol. The van der Waals surface area contributed by atoms with Gasteiger partial charge in [-0.15, -0.1) is 0 Å². The largest absolute Gasteiger partial charge is 0.452 e. The molecule has 0 bridgehead atoms. The molecule has 7 heteroatoms. The molecule has 2 N–H and O–H groups in total. The van der Waals surface area contributed by atoms with Crippen LogP contribution in [0.3, 0.4) is 0 Å². The Hall–Kier alpha value is -3.12. The van der Waals surface area contributed by atoms with Crippen molar-refractivity contribution in [1.29, 1.82) is 0 Å². The van der Waals surface area contributed by atoms with E-state index in [2.05, 4.69) is 10.3 Å². The van der Waals surface area contributed by atoms with E-state index in [1.54, 1.807) is 36.4 Å². The van der Waals surface area contributed by atoms with Crippen molar-refractivity contribution >= 4 is 34.4 Å². The first kappa shape index (κ1) is 18.7. The van der Waals surface area contributed by atoms with Crippen LogP contribution >= 0.6 is 11.6 Å². The molecule has 1 unspecified atom stereocenters. The number of fused-ring (bicyclic) bond motifs is 1. The molecule has 0 radical (unpaired) electrons. The van der Waals surface area contributed by atoms with Gasteiger partial charge in [-0.05, 0) is 30.7 Å². The SMILES string of the molecule is CC(NC(=O)COC(=O)c1cc(=O)[nH]c2ccccc12)c1ccc(Cl)cc1. The number of ether oxygens (including phenoxy) is 1. The molecule has 0 aliphatic carbocycles. The molecule has 1 heterocycles. The first-order valence-corrected chi connectivity index (χ1v) is 8.66. The lowest BCUT2D eigenvalue weighted by molar-refractivity contribution is -0.124. The number of carbonyl (C=O) groups is 2. The van der Waals surface area contributed by atoms with Crippen LogP contribution in [0.4, 0.5) is 0 Å². The first-order valence-electron chi connectivity index (χ1n) is 8.28. The maximum atomic E-state index is 12.3. The highest BCUT2D eigenvalue weighted by Crippen LogP contribution is 2.17. The van der Waals surface area contributed by atoms with Crippen molar-refractivity contribution in [2.45, 2.75) is 13.0 Å². The van der Waals surface area contributed by atoms with Crippen molar-refractivity contribution in [3.8, 4) is 0 Å². The van der Waals surface area contributed by atoms with Gasteiger partial charge in [0.25, 0.3) is 5.91 Å². The lowest BCUT2D eigenvalue weighted by Crippen LogP contribution is -2.31. The fourth-order valence-corrected chi connectivity index (χ4v) is 2.83. The van der Waals surface area contributed by atoms with Crippen molar-refractivity contribution in [2.75, 3.05) is 6.61 Å². The number of rotatable bonds is 5. The van der Waals surface area contributed by atoms with Gasteiger partial charge in [0.2, 0.25) is 5.56 Å². The maximum Gasteiger partial charge on any atom is 0.339 e. The molecule has 2 aromatic carbocycles. The summed E-state index contributed by atoms with van der Waals surface area (Å²) in [5.74, 6) is -1.17. The molecule has 1 aromatic heterocycles. The van der Waals surface area contributed by atoms with Gasteiger partial charge in [0.05, 0.1) is 11.6 Å². The Bertz CT molecular complexity index is 1040. The van der Waals surface area contributed by atoms with E-state index in [4.69, 9.17) is 16.3 Å². The number of halogens is 1. The molecule has 6 nitrogen and oxygen atoms in total. The number of amides is 1. The number of para-hydroxylation sites is 1. The van der Waals surface area contributed by atoms with Crippen LogP contribution in [0.25, 0.3) is 10.9 Å². The van der Waals surface area contributed by atoms with Crippen LogP contribution < -0.4 is 10.9 Å². The van der Waals surface area contributed by atoms with Crippen LogP contribution in [0.5, 0.6) is 0 Å². The molecule has 0 fully saturated rings. The molecule has 0 aliphatic rings. The lowest BCUT2D eigenvalue weighted by Gasteiger charge is -2.14. The molecule has 27 heavy (non-hydrogen) atoms. The van der Waals surface area contributed by atoms with Crippen LogP contribution in [-0.4, -0.2) is 23.5 Å². The van der Waals surface area contributed by atoms with Gasteiger partial charge < -0.3 is 15.0 Å². The second-order valence-electron chi connectivity index (χ2n) is 6.01. The minimum atomic E-state index is -0.730. The molecule has 3 aromatic rings. The number of aromatic nitrogens is 1. The Morgan fingerprint density at radius 1 is 1.15 bits per heavy atom. The van der Waals surface area contributed by atoms with Crippen LogP contribution in [0.1, 0.15) is 28.9 Å². The zero-order valence-electron chi connectivity index (χ0n) is 14.5. The lowest BCUT2D eigenvalue weighted by atomic mass is 10.1. The zero-order chi connectivity index (χ0) is 19.4. The zero-order valence-corrected chi connectivity index (χ0v) is 15.2. The highest BCUT2D eigenvalue weighted by Gasteiger charge is 2.16. The summed E-state index contributed by atoms with van der Waals surface area (Å²) in [7, 11) is 0. The first-order chi connectivity index (χ1) is 12.9. The van der Waals surface area contributed by atoms with E-state index in [0.717, 1.165) is 5.56 Å². The van der Waals surface area contributed by atoms with Gasteiger partial charge in [0.1, 0.15) is 0 Å². The van der Waals surface area contributed by atoms with Gasteiger partial charge >= 0.3 is 5.97 Å². The standard InChI is InChI=1S/C20H17ClN2O4/c1-12(13-6-8-14(21)9-7-13)22-19(25)11-27-20(26)16-10-18(24)23-17-5-3-2-4-15(16)17/h2-10,12H,11H2,1H3,(H,22,25)(H,23,24). The molecule has 0 saturated carbocycles. The van der Waals surface area contributed by atoms with Gasteiger partial charge in [-0.25, -0.2) is 4.79 Å². The molecule has 0 aliphatic heterocycles. The Balaban J connectivity index is 1.64. The van der Waals surface area contributed by atoms with E-state index in [0.29, 0.717) is 15.9 Å². The molecule has 0 saturated heterocycles. The maximum absolute atomic E-state index is 12.3. The summed E-state index contributed by atoms with van der Waals surface area (Å²) in [6.45, 7) is 1.37. The normalized spacial score (nSPS) is 11.8. The van der Waals surface area contributed by atoms with Crippen LogP contribution in [0, 0.1) is 0 Å². The van der Waals surface area contributed by atoms with Crippen molar-refractivity contribution < 1.29 is 14.3 Å². The summed E-state index contributed by atoms with van der Waals surface area (Å²) in [4.78, 5) is 38.8. The van der Waals surface area contributed by atoms with E-state index in [9.17, 15) is 14.4 Å². The highest BCUT2D eigenvalue weighted by molar-refractivity contribution is 6.30. The summed E-state index contributed by atoms with van der Waals surface area (Å²) < 4.78 is 5.08. The Labute approximate surface area is 160 Å². The number of benzene rings is 2. The third kappa shape index (κ3) is 4.54. The molecule has 3 rings (SSSR count). The quantitative estimate of drug-likeness (QED) is 0.661. The molecule has 138 valence electrons. The summed E-state index contributed by atoms with van der Waals surface area (Å²) in [5.41, 5.74) is 1.10. The second kappa shape index (κ2) is 8.05. The Morgan fingerprint density at radius 2 is 1.85 bits per heavy atom. The fraction of sp³-hybridized carbons (Fsp3) is 0.150. The number of hydrogen-bond donors (Lipinski definition) is 2. The van der Waals surface area contributed by atoms with E-state index in [1.165, 1.54) is 6.07 Å². The van der Waals surface area contributed by atoms with Gasteiger partial charge in [-0.1, -0.05) is 41.9 Å². The van der Waals surface area contributed by atoms with E-state index < -0.39 is 24.0 Å². The van der Waals surface area contributed by atoms with Crippen LogP contribution in [0.15, 0.2) is 59.4 Å². The van der Waals surface area contributed by atoms with Gasteiger partial charge in [0, 0.05) is 22.0 Å². The monoisotopic (exact) mass is 384 g/mol. The number of hydrogen-bond acceptors (Lipinski definition) is 4. The van der Waals surface area contributed by atoms with Crippen molar-refractivity contribution in [3.63, 3.8) is 0 Å². The smallest absolute Gasteiger partial charge is 0.339 e. The van der Waals surface area contributed by atoms with E-state index in [1.807, 2.05) is 19.1 Å². The number of carbonyl (C=O) groups excluding carboxylic acids is 2. The van der Waals surface area contributed by atoms with Crippen LogP contribution in [0.2, 0.25) is 5.02 Å². The number of nitrogens with one attached hydrogen (secondary N) is 2.